The number of likely N-dealkylation sites (tertiary alicyclic amines) is 1. The van der Waals surface area contributed by atoms with Gasteiger partial charge in [0.05, 0.1) is 9.85 Å². The molecule has 17 nitrogen and oxygen atoms in total. The first kappa shape index (κ1) is 39.2. The fourth-order valence-electron chi connectivity index (χ4n) is 5.94. The highest BCUT2D eigenvalue weighted by Crippen LogP contribution is 2.32. The summed E-state index contributed by atoms with van der Waals surface area (Å²) < 4.78 is 10.6. The normalized spacial score (nSPS) is 16.7. The summed E-state index contributed by atoms with van der Waals surface area (Å²) in [5.41, 5.74) is 1.44. The standard InChI is InChI=1S/C36H38N6O11S/c43-32(7-4-16-37-35(46)52-23-25-8-12-28(13-9-25)41(48)49)38-17-19-39(20-18-38)33(44)31-21-30(54-34(45)27-5-2-1-3-6-27)22-40(31)36(47)53-24-26-10-14-29(15-11-26)42(50)51/h1-3,5-6,8-15,30-31H,4,7,16-24H2,(H,37,46)/t30-,31-/m0/s1. The summed E-state index contributed by atoms with van der Waals surface area (Å²) in [7, 11) is 0. The molecule has 0 aromatic heterocycles. The van der Waals surface area contributed by atoms with Crippen molar-refractivity contribution >= 4 is 52.3 Å². The molecule has 2 aliphatic heterocycles. The predicted molar refractivity (Wildman–Crippen MR) is 194 cm³/mol. The molecule has 0 radical (unpaired) electrons. The van der Waals surface area contributed by atoms with Gasteiger partial charge in [0.1, 0.15) is 19.3 Å². The Kier molecular flexibility index (Phi) is 13.5. The highest BCUT2D eigenvalue weighted by molar-refractivity contribution is 8.14. The van der Waals surface area contributed by atoms with E-state index in [2.05, 4.69) is 5.32 Å². The number of thioether (sulfide) groups is 1. The second kappa shape index (κ2) is 18.6. The van der Waals surface area contributed by atoms with Gasteiger partial charge in [-0.3, -0.25) is 39.5 Å². The Hall–Kier alpha value is -6.04. The van der Waals surface area contributed by atoms with Crippen molar-refractivity contribution in [1.29, 1.82) is 0 Å². The highest BCUT2D eigenvalue weighted by atomic mass is 32.2. The van der Waals surface area contributed by atoms with Crippen molar-refractivity contribution in [3.8, 4) is 0 Å². The molecule has 54 heavy (non-hydrogen) atoms. The van der Waals surface area contributed by atoms with Gasteiger partial charge in [-0.2, -0.15) is 0 Å². The zero-order valence-corrected chi connectivity index (χ0v) is 29.9. The third kappa shape index (κ3) is 10.8. The minimum absolute atomic E-state index is 0.0698. The van der Waals surface area contributed by atoms with E-state index in [1.165, 1.54) is 53.4 Å². The Morgan fingerprint density at radius 1 is 0.759 bits per heavy atom. The van der Waals surface area contributed by atoms with Crippen LogP contribution in [0.1, 0.15) is 40.7 Å². The van der Waals surface area contributed by atoms with E-state index in [0.29, 0.717) is 23.1 Å². The van der Waals surface area contributed by atoms with Crippen molar-refractivity contribution in [3.63, 3.8) is 0 Å². The van der Waals surface area contributed by atoms with Gasteiger partial charge in [0.15, 0.2) is 0 Å². The molecule has 0 spiro atoms. The van der Waals surface area contributed by atoms with Crippen molar-refractivity contribution < 1.29 is 43.3 Å². The Balaban J connectivity index is 1.09. The second-order valence-corrected chi connectivity index (χ2v) is 13.8. The summed E-state index contributed by atoms with van der Waals surface area (Å²) in [4.78, 5) is 90.4. The van der Waals surface area contributed by atoms with Gasteiger partial charge in [0.2, 0.25) is 16.9 Å². The fourth-order valence-corrected chi connectivity index (χ4v) is 7.03. The van der Waals surface area contributed by atoms with E-state index in [1.54, 1.807) is 40.1 Å². The van der Waals surface area contributed by atoms with Gasteiger partial charge < -0.3 is 24.6 Å². The van der Waals surface area contributed by atoms with Gasteiger partial charge in [-0.15, -0.1) is 0 Å². The lowest BCUT2D eigenvalue weighted by molar-refractivity contribution is -0.385. The molecule has 0 aliphatic carbocycles. The number of nitro benzene ring substituents is 2. The van der Waals surface area contributed by atoms with Gasteiger partial charge in [-0.25, -0.2) is 9.59 Å². The van der Waals surface area contributed by atoms with E-state index >= 15 is 0 Å². The largest absolute Gasteiger partial charge is 0.445 e. The summed E-state index contributed by atoms with van der Waals surface area (Å²) in [6.07, 6.45) is -0.711. The summed E-state index contributed by atoms with van der Waals surface area (Å²) in [6, 6.07) is 19.0. The fraction of sp³-hybridized carbons (Fsp3) is 0.361. The Morgan fingerprint density at radius 3 is 1.89 bits per heavy atom. The minimum Gasteiger partial charge on any atom is -0.445 e. The van der Waals surface area contributed by atoms with Gasteiger partial charge in [0, 0.05) is 80.8 Å². The monoisotopic (exact) mass is 762 g/mol. The number of nitrogens with one attached hydrogen (secondary N) is 1. The van der Waals surface area contributed by atoms with Crippen LogP contribution in [0.25, 0.3) is 0 Å². The molecule has 2 heterocycles. The van der Waals surface area contributed by atoms with Crippen LogP contribution >= 0.6 is 11.8 Å². The maximum absolute atomic E-state index is 13.9. The number of benzene rings is 3. The number of non-ortho nitro benzene ring substituents is 2. The molecule has 2 fully saturated rings. The Morgan fingerprint density at radius 2 is 1.31 bits per heavy atom. The van der Waals surface area contributed by atoms with E-state index in [4.69, 9.17) is 9.47 Å². The number of hydrogen-bond acceptors (Lipinski definition) is 12. The van der Waals surface area contributed by atoms with Crippen LogP contribution in [0.15, 0.2) is 78.9 Å². The molecular formula is C36H38N6O11S. The zero-order chi connectivity index (χ0) is 38.6. The van der Waals surface area contributed by atoms with Crippen LogP contribution in [0.2, 0.25) is 0 Å². The van der Waals surface area contributed by atoms with Crippen LogP contribution in [0.3, 0.4) is 0 Å². The number of amides is 4. The first-order valence-electron chi connectivity index (χ1n) is 17.1. The molecule has 2 saturated heterocycles. The molecule has 3 aromatic rings. The first-order chi connectivity index (χ1) is 26.0. The smallest absolute Gasteiger partial charge is 0.410 e. The SMILES string of the molecule is O=C(NCCCC(=O)N1CCN(C(=O)[C@@H]2C[C@H](SC(=O)c3ccccc3)CN2C(=O)OCc2ccc([N+](=O)[O-])cc2)CC1)OCc1ccc([N+](=O)[O-])cc1. The van der Waals surface area contributed by atoms with Crippen molar-refractivity contribution in [3.05, 3.63) is 116 Å². The molecule has 284 valence electrons. The lowest BCUT2D eigenvalue weighted by atomic mass is 10.1. The highest BCUT2D eigenvalue weighted by Gasteiger charge is 2.44. The molecule has 0 unspecified atom stereocenters. The number of hydrogen-bond donors (Lipinski definition) is 1. The van der Waals surface area contributed by atoms with Gasteiger partial charge in [0.25, 0.3) is 11.4 Å². The van der Waals surface area contributed by atoms with Crippen LogP contribution in [0.5, 0.6) is 0 Å². The lowest BCUT2D eigenvalue weighted by Gasteiger charge is -2.37. The van der Waals surface area contributed by atoms with Crippen LogP contribution < -0.4 is 5.32 Å². The average Bonchev–Trinajstić information content (AvgIpc) is 3.61. The molecule has 0 saturated carbocycles. The number of ether oxygens (including phenoxy) is 2. The van der Waals surface area contributed by atoms with Crippen molar-refractivity contribution in [2.45, 2.75) is 43.8 Å². The van der Waals surface area contributed by atoms with E-state index in [1.807, 2.05) is 0 Å². The third-order valence-corrected chi connectivity index (χ3v) is 10.00. The Bertz CT molecular complexity index is 1840. The van der Waals surface area contributed by atoms with Crippen molar-refractivity contribution in [2.24, 2.45) is 0 Å². The summed E-state index contributed by atoms with van der Waals surface area (Å²) in [5.74, 6) is -0.461. The average molecular weight is 763 g/mol. The number of nitrogens with zero attached hydrogens (tertiary/aromatic N) is 5. The maximum Gasteiger partial charge on any atom is 0.410 e. The lowest BCUT2D eigenvalue weighted by Crippen LogP contribution is -2.55. The van der Waals surface area contributed by atoms with Crippen molar-refractivity contribution in [2.75, 3.05) is 39.3 Å². The molecule has 3 aromatic carbocycles. The molecule has 2 aliphatic rings. The first-order valence-corrected chi connectivity index (χ1v) is 18.0. The second-order valence-electron chi connectivity index (χ2n) is 12.5. The summed E-state index contributed by atoms with van der Waals surface area (Å²) in [6.45, 7) is 1.06. The van der Waals surface area contributed by atoms with E-state index in [9.17, 15) is 44.2 Å². The number of nitro groups is 2. The summed E-state index contributed by atoms with van der Waals surface area (Å²) >= 11 is 1.06. The molecule has 4 amide bonds. The van der Waals surface area contributed by atoms with E-state index < -0.39 is 28.1 Å². The number of piperazine rings is 1. The number of carbonyl (C=O) groups is 5. The maximum atomic E-state index is 13.9. The molecule has 5 rings (SSSR count). The van der Waals surface area contributed by atoms with Crippen LogP contribution in [-0.2, 0) is 32.3 Å². The van der Waals surface area contributed by atoms with E-state index in [-0.39, 0.29) is 98.9 Å². The number of alkyl carbamates (subject to hydrolysis) is 1. The Labute approximate surface area is 313 Å². The number of rotatable bonds is 13. The molecule has 1 N–H and O–H groups in total. The van der Waals surface area contributed by atoms with Crippen LogP contribution in [0, 0.1) is 20.2 Å². The van der Waals surface area contributed by atoms with Crippen LogP contribution in [0.4, 0.5) is 21.0 Å². The topological polar surface area (TPSA) is 212 Å². The summed E-state index contributed by atoms with van der Waals surface area (Å²) in [5, 5.41) is 23.8. The van der Waals surface area contributed by atoms with Gasteiger partial charge >= 0.3 is 12.2 Å². The van der Waals surface area contributed by atoms with Crippen molar-refractivity contribution in [1.82, 2.24) is 20.0 Å². The van der Waals surface area contributed by atoms with Gasteiger partial charge in [-0.1, -0.05) is 42.1 Å². The number of carbonyl (C=O) groups excluding carboxylic acids is 5. The predicted octanol–water partition coefficient (Wildman–Crippen LogP) is 4.53. The molecule has 2 atom stereocenters. The molecule has 0 bridgehead atoms. The van der Waals surface area contributed by atoms with E-state index in [0.717, 1.165) is 11.8 Å². The zero-order valence-electron chi connectivity index (χ0n) is 29.1. The van der Waals surface area contributed by atoms with Crippen LogP contribution in [-0.4, -0.2) is 104 Å². The quantitative estimate of drug-likeness (QED) is 0.145. The third-order valence-electron chi connectivity index (χ3n) is 8.87. The minimum atomic E-state index is -0.899. The molecule has 18 heteroatoms. The van der Waals surface area contributed by atoms with Gasteiger partial charge in [-0.05, 0) is 48.2 Å². The molecular weight excluding hydrogens is 724 g/mol.